The second kappa shape index (κ2) is 8.56. The maximum absolute atomic E-state index is 13.8. The molecule has 0 radical (unpaired) electrons. The van der Waals surface area contributed by atoms with Crippen LogP contribution in [-0.4, -0.2) is 70.0 Å². The van der Waals surface area contributed by atoms with E-state index in [1.165, 1.54) is 4.90 Å². The summed E-state index contributed by atoms with van der Waals surface area (Å²) in [5, 5.41) is 33.7. The summed E-state index contributed by atoms with van der Waals surface area (Å²) in [5.41, 5.74) is 3.12. The Kier molecular flexibility index (Phi) is 6.03. The third kappa shape index (κ3) is 3.33. The Morgan fingerprint density at radius 2 is 1.97 bits per heavy atom. The number of amides is 1. The van der Waals surface area contributed by atoms with Crippen molar-refractivity contribution in [1.82, 2.24) is 4.90 Å². The van der Waals surface area contributed by atoms with E-state index < -0.39 is 52.3 Å². The van der Waals surface area contributed by atoms with Crippen LogP contribution in [0.3, 0.4) is 0 Å². The normalized spacial score (nSPS) is 28.6. The Labute approximate surface area is 197 Å². The highest BCUT2D eigenvalue weighted by atomic mass is 16.5. The molecule has 5 N–H and O–H groups in total. The van der Waals surface area contributed by atoms with Crippen molar-refractivity contribution in [3.05, 3.63) is 46.2 Å². The van der Waals surface area contributed by atoms with Crippen molar-refractivity contribution in [2.24, 2.45) is 17.6 Å². The van der Waals surface area contributed by atoms with Crippen LogP contribution < -0.4 is 10.5 Å². The van der Waals surface area contributed by atoms with E-state index in [2.05, 4.69) is 0 Å². The summed E-state index contributed by atoms with van der Waals surface area (Å²) >= 11 is 0. The lowest BCUT2D eigenvalue weighted by molar-refractivity contribution is -0.153. The van der Waals surface area contributed by atoms with Gasteiger partial charge >= 0.3 is 0 Å². The zero-order chi connectivity index (χ0) is 24.9. The van der Waals surface area contributed by atoms with Gasteiger partial charge in [0.15, 0.2) is 11.4 Å². The van der Waals surface area contributed by atoms with Gasteiger partial charge in [-0.2, -0.15) is 0 Å². The van der Waals surface area contributed by atoms with Gasteiger partial charge < -0.3 is 25.8 Å². The van der Waals surface area contributed by atoms with Gasteiger partial charge in [0.05, 0.1) is 18.2 Å². The molecule has 0 heterocycles. The van der Waals surface area contributed by atoms with Crippen LogP contribution >= 0.6 is 0 Å². The molecule has 9 heteroatoms. The summed E-state index contributed by atoms with van der Waals surface area (Å²) in [4.78, 5) is 40.3. The molecular formula is C25H30N2O7. The first-order valence-corrected chi connectivity index (χ1v) is 11.4. The van der Waals surface area contributed by atoms with E-state index in [0.29, 0.717) is 24.3 Å². The molecular weight excluding hydrogens is 440 g/mol. The van der Waals surface area contributed by atoms with Crippen LogP contribution in [0.4, 0.5) is 0 Å². The molecule has 4 atom stereocenters. The number of hydrogen-bond acceptors (Lipinski definition) is 8. The Morgan fingerprint density at radius 3 is 2.59 bits per heavy atom. The van der Waals surface area contributed by atoms with E-state index in [9.17, 15) is 29.7 Å². The minimum Gasteiger partial charge on any atom is -0.508 e. The van der Waals surface area contributed by atoms with Gasteiger partial charge in [-0.15, -0.1) is 0 Å². The van der Waals surface area contributed by atoms with Gasteiger partial charge in [0.2, 0.25) is 5.78 Å². The van der Waals surface area contributed by atoms with Crippen molar-refractivity contribution in [1.29, 1.82) is 0 Å². The molecule has 1 aromatic rings. The summed E-state index contributed by atoms with van der Waals surface area (Å²) in [5.74, 6) is -5.36. The second-order valence-corrected chi connectivity index (χ2v) is 9.45. The van der Waals surface area contributed by atoms with E-state index in [1.807, 2.05) is 19.1 Å². The molecule has 0 spiro atoms. The molecule has 1 aromatic carbocycles. The number of benzene rings is 1. The van der Waals surface area contributed by atoms with Crippen molar-refractivity contribution < 1.29 is 34.4 Å². The summed E-state index contributed by atoms with van der Waals surface area (Å²) in [6, 6.07) is 4.32. The number of carbonyl (C=O) groups is 3. The minimum atomic E-state index is -2.57. The lowest BCUT2D eigenvalue weighted by Gasteiger charge is -2.50. The van der Waals surface area contributed by atoms with Crippen molar-refractivity contribution in [2.75, 3.05) is 20.7 Å². The number of aliphatic hydroxyl groups excluding tert-OH is 2. The molecule has 34 heavy (non-hydrogen) atoms. The lowest BCUT2D eigenvalue weighted by Crippen LogP contribution is -2.65. The summed E-state index contributed by atoms with van der Waals surface area (Å²) < 4.78 is 5.86. The monoisotopic (exact) mass is 470 g/mol. The number of hydrogen-bond donors (Lipinski definition) is 4. The molecule has 0 bridgehead atoms. The predicted octanol–water partition coefficient (Wildman–Crippen LogP) is 1.44. The Hall–Kier alpha value is -3.17. The molecule has 3 aliphatic rings. The third-order valence-electron chi connectivity index (χ3n) is 7.20. The quantitative estimate of drug-likeness (QED) is 0.360. The number of ether oxygens (including phenoxy) is 1. The lowest BCUT2D eigenvalue weighted by atomic mass is 9.57. The third-order valence-corrected chi connectivity index (χ3v) is 7.20. The Bertz CT molecular complexity index is 1140. The van der Waals surface area contributed by atoms with E-state index in [1.54, 1.807) is 20.2 Å². The van der Waals surface area contributed by atoms with E-state index >= 15 is 0 Å². The van der Waals surface area contributed by atoms with Gasteiger partial charge in [-0.3, -0.25) is 19.3 Å². The average molecular weight is 471 g/mol. The largest absolute Gasteiger partial charge is 0.508 e. The maximum Gasteiger partial charge on any atom is 0.255 e. The maximum atomic E-state index is 13.8. The molecule has 1 amide bonds. The summed E-state index contributed by atoms with van der Waals surface area (Å²) in [6.07, 6.45) is 2.27. The van der Waals surface area contributed by atoms with Gasteiger partial charge in [-0.25, -0.2) is 0 Å². The van der Waals surface area contributed by atoms with Gasteiger partial charge in [-0.05, 0) is 50.9 Å². The number of carbonyl (C=O) groups excluding carboxylic acids is 3. The molecule has 4 rings (SSSR count). The number of ketones is 2. The highest BCUT2D eigenvalue weighted by Crippen LogP contribution is 2.52. The highest BCUT2D eigenvalue weighted by molar-refractivity contribution is 6.24. The second-order valence-electron chi connectivity index (χ2n) is 9.45. The molecule has 3 aliphatic carbocycles. The van der Waals surface area contributed by atoms with E-state index in [-0.39, 0.29) is 17.8 Å². The number of aliphatic hydroxyl groups is 3. The van der Waals surface area contributed by atoms with Crippen LogP contribution in [0.1, 0.15) is 37.3 Å². The van der Waals surface area contributed by atoms with Crippen LogP contribution in [0, 0.1) is 11.8 Å². The topological polar surface area (TPSA) is 150 Å². The van der Waals surface area contributed by atoms with E-state index in [4.69, 9.17) is 10.5 Å². The number of unbranched alkanes of at least 4 members (excludes halogenated alkanes) is 1. The zero-order valence-corrected chi connectivity index (χ0v) is 19.5. The molecule has 0 aromatic heterocycles. The summed E-state index contributed by atoms with van der Waals surface area (Å²) in [6.45, 7) is 2.47. The molecule has 1 fully saturated rings. The molecule has 0 unspecified atom stereocenters. The average Bonchev–Trinajstić information content (AvgIpc) is 2.76. The standard InChI is InChI=1S/C25H30N2O7/c1-4-5-9-34-15-8-6-7-12-10-13-11-14-19(27(2)3)21(29)18(24(26)32)23(31)25(14,33)22(30)17(13)20(28)16(12)15/h6-8,13-14,19,28,31,33H,4-5,9-11H2,1-3H3,(H2,26,32)/t13-,14-,19-,25-/m0/s1. The van der Waals surface area contributed by atoms with Crippen LogP contribution in [0.5, 0.6) is 5.75 Å². The number of fused-ring (bicyclic) bond motifs is 3. The van der Waals surface area contributed by atoms with Crippen molar-refractivity contribution >= 4 is 23.2 Å². The fourth-order valence-electron chi connectivity index (χ4n) is 5.61. The van der Waals surface area contributed by atoms with Crippen LogP contribution in [0.2, 0.25) is 0 Å². The Balaban J connectivity index is 1.89. The number of nitrogens with zero attached hydrogens (tertiary/aromatic N) is 1. The fourth-order valence-corrected chi connectivity index (χ4v) is 5.61. The molecule has 1 saturated carbocycles. The first-order valence-electron chi connectivity index (χ1n) is 11.4. The molecule has 0 aliphatic heterocycles. The number of rotatable bonds is 6. The first-order chi connectivity index (χ1) is 16.0. The van der Waals surface area contributed by atoms with Gasteiger partial charge in [0.1, 0.15) is 22.8 Å². The zero-order valence-electron chi connectivity index (χ0n) is 19.5. The molecule has 9 nitrogen and oxygen atoms in total. The molecule has 0 saturated heterocycles. The first kappa shape index (κ1) is 24.0. The fraction of sp³-hybridized carbons (Fsp3) is 0.480. The number of primary amides is 1. The molecule has 182 valence electrons. The highest BCUT2D eigenvalue weighted by Gasteiger charge is 2.64. The van der Waals surface area contributed by atoms with Crippen molar-refractivity contribution in [3.8, 4) is 5.75 Å². The van der Waals surface area contributed by atoms with Gasteiger partial charge in [0, 0.05) is 11.5 Å². The van der Waals surface area contributed by atoms with Crippen LogP contribution in [0.15, 0.2) is 35.1 Å². The van der Waals surface area contributed by atoms with Crippen molar-refractivity contribution in [3.63, 3.8) is 0 Å². The number of likely N-dealkylation sites (N-methyl/N-ethyl adjacent to an activating group) is 1. The van der Waals surface area contributed by atoms with E-state index in [0.717, 1.165) is 18.4 Å². The van der Waals surface area contributed by atoms with Crippen LogP contribution in [0.25, 0.3) is 5.76 Å². The summed E-state index contributed by atoms with van der Waals surface area (Å²) in [7, 11) is 3.18. The van der Waals surface area contributed by atoms with Gasteiger partial charge in [0.25, 0.3) is 5.91 Å². The Morgan fingerprint density at radius 1 is 1.26 bits per heavy atom. The SMILES string of the molecule is CCCCOc1cccc2c1C(O)=C1C(=O)[C@]3(O)C(O)=C(C(N)=O)C(=O)[C@@H](N(C)C)[C@@H]3C[C@@H]1C2. The van der Waals surface area contributed by atoms with Gasteiger partial charge in [-0.1, -0.05) is 25.5 Å². The number of nitrogens with two attached hydrogens (primary N) is 1. The smallest absolute Gasteiger partial charge is 0.255 e. The minimum absolute atomic E-state index is 0.0417. The van der Waals surface area contributed by atoms with Crippen LogP contribution in [-0.2, 0) is 20.8 Å². The van der Waals surface area contributed by atoms with Crippen molar-refractivity contribution in [2.45, 2.75) is 44.2 Å². The number of Topliss-reactive ketones (excluding diaryl/α,β-unsaturated/α-hetero) is 2. The predicted molar refractivity (Wildman–Crippen MR) is 123 cm³/mol.